The second-order valence-corrected chi connectivity index (χ2v) is 8.48. The molecule has 0 bridgehead atoms. The Morgan fingerprint density at radius 1 is 1.06 bits per heavy atom. The molecule has 2 saturated heterocycles. The summed E-state index contributed by atoms with van der Waals surface area (Å²) >= 11 is 0. The maximum absolute atomic E-state index is 13.2. The summed E-state index contributed by atoms with van der Waals surface area (Å²) in [7, 11) is 0. The summed E-state index contributed by atoms with van der Waals surface area (Å²) in [4.78, 5) is 24.3. The minimum Gasteiger partial charge on any atom is -0.475 e. The highest BCUT2D eigenvalue weighted by Crippen LogP contribution is 2.45. The first-order valence-electron chi connectivity index (χ1n) is 10.8. The smallest absolute Gasteiger partial charge is 0.475 e. The Balaban J connectivity index is 0.000000406. The second kappa shape index (κ2) is 11.0. The number of amides is 1. The van der Waals surface area contributed by atoms with E-state index in [1.54, 1.807) is 0 Å². The lowest BCUT2D eigenvalue weighted by Crippen LogP contribution is -2.42. The van der Waals surface area contributed by atoms with Crippen molar-refractivity contribution in [2.75, 3.05) is 31.6 Å². The molecular weight excluding hydrogens is 456 g/mol. The minimum atomic E-state index is -5.08. The molecule has 2 aromatic rings. The highest BCUT2D eigenvalue weighted by atomic mass is 19.4. The van der Waals surface area contributed by atoms with Gasteiger partial charge in [-0.3, -0.25) is 9.69 Å². The van der Waals surface area contributed by atoms with Gasteiger partial charge in [0.15, 0.2) is 0 Å². The number of hydrogen-bond acceptors (Lipinski definition) is 4. The number of anilines is 1. The molecule has 1 atom stereocenters. The molecule has 2 heterocycles. The number of para-hydroxylation sites is 1. The molecule has 0 saturated carbocycles. The number of alkyl halides is 3. The van der Waals surface area contributed by atoms with Crippen LogP contribution in [0.1, 0.15) is 18.4 Å². The van der Waals surface area contributed by atoms with Crippen molar-refractivity contribution in [3.63, 3.8) is 0 Å². The topological polar surface area (TPSA) is 78.9 Å². The third-order valence-corrected chi connectivity index (χ3v) is 6.13. The normalized spacial score (nSPS) is 19.8. The molecule has 2 N–H and O–H groups in total. The van der Waals surface area contributed by atoms with Gasteiger partial charge >= 0.3 is 12.1 Å². The first-order valence-corrected chi connectivity index (χ1v) is 10.8. The molecule has 6 nitrogen and oxygen atoms in total. The first-order chi connectivity index (χ1) is 16.1. The first kappa shape index (κ1) is 25.6. The number of carboxylic acids is 1. The Labute approximate surface area is 194 Å². The van der Waals surface area contributed by atoms with Gasteiger partial charge in [-0.25, -0.2) is 9.18 Å². The van der Waals surface area contributed by atoms with Crippen molar-refractivity contribution in [1.29, 1.82) is 0 Å². The zero-order valence-corrected chi connectivity index (χ0v) is 18.4. The van der Waals surface area contributed by atoms with Gasteiger partial charge in [0.2, 0.25) is 5.91 Å². The van der Waals surface area contributed by atoms with Crippen LogP contribution >= 0.6 is 0 Å². The van der Waals surface area contributed by atoms with E-state index in [4.69, 9.17) is 14.6 Å². The van der Waals surface area contributed by atoms with Crippen molar-refractivity contribution in [2.45, 2.75) is 25.6 Å². The van der Waals surface area contributed by atoms with Crippen molar-refractivity contribution in [2.24, 2.45) is 11.3 Å². The van der Waals surface area contributed by atoms with Crippen LogP contribution in [0.3, 0.4) is 0 Å². The molecule has 1 amide bonds. The van der Waals surface area contributed by atoms with Crippen LogP contribution in [0.15, 0.2) is 54.6 Å². The number of rotatable bonds is 4. The van der Waals surface area contributed by atoms with E-state index in [0.29, 0.717) is 13.2 Å². The van der Waals surface area contributed by atoms with Gasteiger partial charge in [-0.1, -0.05) is 30.3 Å². The van der Waals surface area contributed by atoms with E-state index in [1.165, 1.54) is 12.1 Å². The highest BCUT2D eigenvalue weighted by Gasteiger charge is 2.50. The average Bonchev–Trinajstić information content (AvgIpc) is 3.13. The van der Waals surface area contributed by atoms with Gasteiger partial charge < -0.3 is 15.2 Å². The van der Waals surface area contributed by atoms with Crippen LogP contribution in [0.25, 0.3) is 0 Å². The molecule has 0 radical (unpaired) electrons. The molecule has 184 valence electrons. The van der Waals surface area contributed by atoms with Gasteiger partial charge in [-0.2, -0.15) is 13.2 Å². The van der Waals surface area contributed by atoms with E-state index in [-0.39, 0.29) is 23.1 Å². The maximum Gasteiger partial charge on any atom is 0.490 e. The van der Waals surface area contributed by atoms with Gasteiger partial charge in [0, 0.05) is 44.0 Å². The van der Waals surface area contributed by atoms with Crippen LogP contribution in [0, 0.1) is 17.2 Å². The fourth-order valence-corrected chi connectivity index (χ4v) is 4.44. The van der Waals surface area contributed by atoms with E-state index in [9.17, 15) is 22.4 Å². The van der Waals surface area contributed by atoms with Gasteiger partial charge in [0.25, 0.3) is 0 Å². The summed E-state index contributed by atoms with van der Waals surface area (Å²) in [6.07, 6.45) is -3.28. The lowest BCUT2D eigenvalue weighted by molar-refractivity contribution is -0.192. The number of hydrogen-bond donors (Lipinski definition) is 2. The second-order valence-electron chi connectivity index (χ2n) is 8.48. The van der Waals surface area contributed by atoms with Crippen molar-refractivity contribution in [3.8, 4) is 0 Å². The number of likely N-dealkylation sites (tertiary alicyclic amines) is 1. The Bertz CT molecular complexity index is 961. The van der Waals surface area contributed by atoms with Crippen LogP contribution < -0.4 is 5.32 Å². The van der Waals surface area contributed by atoms with Crippen LogP contribution in [-0.4, -0.2) is 54.4 Å². The van der Waals surface area contributed by atoms with Crippen LogP contribution in [0.4, 0.5) is 23.2 Å². The lowest BCUT2D eigenvalue weighted by Gasteiger charge is -2.37. The molecule has 2 aliphatic heterocycles. The number of halogens is 4. The van der Waals surface area contributed by atoms with Crippen molar-refractivity contribution in [3.05, 3.63) is 66.0 Å². The van der Waals surface area contributed by atoms with E-state index in [0.717, 1.165) is 43.7 Å². The average molecular weight is 482 g/mol. The zero-order chi connectivity index (χ0) is 24.8. The van der Waals surface area contributed by atoms with E-state index >= 15 is 0 Å². The van der Waals surface area contributed by atoms with E-state index in [2.05, 4.69) is 10.2 Å². The SMILES string of the molecule is O=C(Nc1ccccc1)C1CN(Cc2ccc(F)cc2)CC12CCOCC2.O=C(O)C(F)(F)F. The number of aliphatic carboxylic acids is 1. The third-order valence-electron chi connectivity index (χ3n) is 6.13. The molecule has 4 rings (SSSR count). The predicted molar refractivity (Wildman–Crippen MR) is 116 cm³/mol. The Hall–Kier alpha value is -2.98. The molecule has 1 spiro atoms. The van der Waals surface area contributed by atoms with Gasteiger partial charge in [0.05, 0.1) is 5.92 Å². The number of ether oxygens (including phenoxy) is 1. The molecule has 10 heteroatoms. The summed E-state index contributed by atoms with van der Waals surface area (Å²) < 4.78 is 50.5. The minimum absolute atomic E-state index is 0.0445. The van der Waals surface area contributed by atoms with Crippen LogP contribution in [-0.2, 0) is 20.9 Å². The number of carbonyl (C=O) groups is 2. The third kappa shape index (κ3) is 6.77. The van der Waals surface area contributed by atoms with Crippen molar-refractivity contribution < 1.29 is 37.0 Å². The van der Waals surface area contributed by atoms with Gasteiger partial charge in [0.1, 0.15) is 5.82 Å². The maximum atomic E-state index is 13.2. The Morgan fingerprint density at radius 3 is 2.21 bits per heavy atom. The summed E-state index contributed by atoms with van der Waals surface area (Å²) in [6, 6.07) is 16.3. The fraction of sp³-hybridized carbons (Fsp3) is 0.417. The Kier molecular flexibility index (Phi) is 8.27. The molecule has 2 aliphatic rings. The van der Waals surface area contributed by atoms with Crippen LogP contribution in [0.5, 0.6) is 0 Å². The zero-order valence-electron chi connectivity index (χ0n) is 18.4. The molecule has 0 aliphatic carbocycles. The number of nitrogens with zero attached hydrogens (tertiary/aromatic N) is 1. The van der Waals surface area contributed by atoms with Gasteiger partial charge in [-0.15, -0.1) is 0 Å². The number of benzene rings is 2. The number of carboxylic acid groups (broad SMARTS) is 1. The highest BCUT2D eigenvalue weighted by molar-refractivity contribution is 5.93. The standard InChI is InChI=1S/C22H25FN2O2.C2HF3O2/c23-18-8-6-17(7-9-18)14-25-15-20(22(16-25)10-12-27-13-11-22)21(26)24-19-4-2-1-3-5-19;3-2(4,5)1(6)7/h1-9,20H,10-16H2,(H,24,26);(H,6,7). The molecule has 34 heavy (non-hydrogen) atoms. The number of carbonyl (C=O) groups excluding carboxylic acids is 1. The predicted octanol–water partition coefficient (Wildman–Crippen LogP) is 4.33. The summed E-state index contributed by atoms with van der Waals surface area (Å²) in [5, 5.41) is 10.2. The monoisotopic (exact) mass is 482 g/mol. The quantitative estimate of drug-likeness (QED) is 0.635. The summed E-state index contributed by atoms with van der Waals surface area (Å²) in [5.41, 5.74) is 1.86. The fourth-order valence-electron chi connectivity index (χ4n) is 4.44. The van der Waals surface area contributed by atoms with E-state index < -0.39 is 12.1 Å². The lowest BCUT2D eigenvalue weighted by atomic mass is 9.71. The number of nitrogens with one attached hydrogen (secondary N) is 1. The molecule has 2 aromatic carbocycles. The van der Waals surface area contributed by atoms with Crippen LogP contribution in [0.2, 0.25) is 0 Å². The summed E-state index contributed by atoms with van der Waals surface area (Å²) in [5.74, 6) is -2.96. The summed E-state index contributed by atoms with van der Waals surface area (Å²) in [6.45, 7) is 3.74. The molecule has 0 aromatic heterocycles. The van der Waals surface area contributed by atoms with Crippen molar-refractivity contribution >= 4 is 17.6 Å². The molecular formula is C24H26F4N2O4. The molecule has 1 unspecified atom stereocenters. The van der Waals surface area contributed by atoms with E-state index in [1.807, 2.05) is 42.5 Å². The largest absolute Gasteiger partial charge is 0.490 e. The van der Waals surface area contributed by atoms with Gasteiger partial charge in [-0.05, 0) is 42.7 Å². The molecule has 2 fully saturated rings. The Morgan fingerprint density at radius 2 is 1.65 bits per heavy atom. The van der Waals surface area contributed by atoms with Crippen molar-refractivity contribution in [1.82, 2.24) is 4.90 Å².